The van der Waals surface area contributed by atoms with Crippen LogP contribution in [0.3, 0.4) is 0 Å². The summed E-state index contributed by atoms with van der Waals surface area (Å²) in [6.07, 6.45) is 4.84. The van der Waals surface area contributed by atoms with Crippen LogP contribution in [0.1, 0.15) is 19.7 Å². The molecule has 0 aromatic carbocycles. The van der Waals surface area contributed by atoms with E-state index in [9.17, 15) is 5.11 Å². The zero-order valence-electron chi connectivity index (χ0n) is 15.7. The van der Waals surface area contributed by atoms with Crippen LogP contribution in [0.5, 0.6) is 0 Å². The number of carbonyl (C=O) groups is 2. The molecule has 1 aromatic rings. The second-order valence-corrected chi connectivity index (χ2v) is 6.83. The van der Waals surface area contributed by atoms with E-state index in [4.69, 9.17) is 19.8 Å². The lowest BCUT2D eigenvalue weighted by Gasteiger charge is -2.25. The molecular weight excluding hydrogens is 340 g/mol. The van der Waals surface area contributed by atoms with E-state index in [1.807, 2.05) is 19.4 Å². The summed E-state index contributed by atoms with van der Waals surface area (Å²) in [7, 11) is 2.04. The molecule has 0 spiro atoms. The first-order valence-electron chi connectivity index (χ1n) is 8.59. The lowest BCUT2D eigenvalue weighted by molar-refractivity contribution is -0.135. The monoisotopic (exact) mass is 370 g/mol. The number of hydrogen-bond acceptors (Lipinski definition) is 6. The van der Waals surface area contributed by atoms with E-state index in [1.165, 1.54) is 0 Å². The van der Waals surface area contributed by atoms with Gasteiger partial charge >= 0.3 is 0 Å². The maximum atomic E-state index is 9.66. The first kappa shape index (κ1) is 22.1. The van der Waals surface area contributed by atoms with Gasteiger partial charge in [0.2, 0.25) is 0 Å². The molecule has 0 saturated carbocycles. The summed E-state index contributed by atoms with van der Waals surface area (Å²) < 4.78 is 2.08. The summed E-state index contributed by atoms with van der Waals surface area (Å²) in [5.41, 5.74) is 0.113. The highest BCUT2D eigenvalue weighted by Gasteiger charge is 2.48. The molecule has 4 N–H and O–H groups in total. The number of nitrogens with zero attached hydrogens (tertiary/aromatic N) is 3. The molecule has 0 radical (unpaired) electrons. The third-order valence-electron chi connectivity index (χ3n) is 4.64. The molecule has 148 valence electrons. The van der Waals surface area contributed by atoms with Crippen molar-refractivity contribution in [1.82, 2.24) is 19.8 Å². The van der Waals surface area contributed by atoms with Crippen molar-refractivity contribution >= 4 is 11.9 Å². The van der Waals surface area contributed by atoms with Gasteiger partial charge in [-0.05, 0) is 12.5 Å². The van der Waals surface area contributed by atoms with Crippen LogP contribution in [-0.4, -0.2) is 81.0 Å². The molecule has 3 rings (SSSR count). The van der Waals surface area contributed by atoms with Gasteiger partial charge in [-0.2, -0.15) is 0 Å². The fourth-order valence-electron chi connectivity index (χ4n) is 3.42. The first-order valence-corrected chi connectivity index (χ1v) is 8.59. The molecule has 2 aliphatic rings. The van der Waals surface area contributed by atoms with Gasteiger partial charge in [-0.3, -0.25) is 9.59 Å². The van der Waals surface area contributed by atoms with Crippen molar-refractivity contribution in [3.05, 3.63) is 18.2 Å². The van der Waals surface area contributed by atoms with Gasteiger partial charge in [0.05, 0.1) is 6.61 Å². The van der Waals surface area contributed by atoms with Crippen LogP contribution in [-0.2, 0) is 23.1 Å². The first-order chi connectivity index (χ1) is 12.2. The maximum absolute atomic E-state index is 9.66. The minimum atomic E-state index is -0.833. The van der Waals surface area contributed by atoms with E-state index in [0.717, 1.165) is 58.8 Å². The van der Waals surface area contributed by atoms with Gasteiger partial charge < -0.3 is 30.1 Å². The molecular formula is C17H30N4O5. The van der Waals surface area contributed by atoms with Crippen LogP contribution < -0.4 is 5.32 Å². The molecule has 2 aliphatic heterocycles. The summed E-state index contributed by atoms with van der Waals surface area (Å²) in [6.45, 7) is 7.67. The van der Waals surface area contributed by atoms with Gasteiger partial charge in [-0.15, -0.1) is 0 Å². The second kappa shape index (κ2) is 10.2. The Balaban J connectivity index is 0.000000360. The summed E-state index contributed by atoms with van der Waals surface area (Å²) in [5, 5.41) is 27.9. The molecule has 0 aliphatic carbocycles. The molecule has 2 saturated heterocycles. The normalized spacial score (nSPS) is 24.1. The van der Waals surface area contributed by atoms with Crippen molar-refractivity contribution in [2.45, 2.75) is 20.3 Å². The largest absolute Gasteiger partial charge is 0.481 e. The maximum Gasteiger partial charge on any atom is 0.300 e. The third kappa shape index (κ3) is 6.74. The number of aliphatic hydroxyl groups excluding tert-OH is 1. The van der Waals surface area contributed by atoms with Crippen LogP contribution in [0, 0.1) is 11.3 Å². The molecule has 9 nitrogen and oxygen atoms in total. The predicted octanol–water partition coefficient (Wildman–Crippen LogP) is -0.342. The molecule has 0 amide bonds. The molecule has 1 aromatic heterocycles. The highest BCUT2D eigenvalue weighted by molar-refractivity contribution is 5.63. The number of carboxylic acid groups (broad SMARTS) is 2. The topological polar surface area (TPSA) is 128 Å². The summed E-state index contributed by atoms with van der Waals surface area (Å²) in [5.74, 6) is 0.0899. The number of nitrogens with one attached hydrogen (secondary N) is 1. The molecule has 0 bridgehead atoms. The van der Waals surface area contributed by atoms with Gasteiger partial charge in [-0.25, -0.2) is 4.98 Å². The van der Waals surface area contributed by atoms with Crippen LogP contribution in [0.4, 0.5) is 0 Å². The number of carboxylic acids is 2. The van der Waals surface area contributed by atoms with Gasteiger partial charge in [-0.1, -0.05) is 0 Å². The quantitative estimate of drug-likeness (QED) is 0.567. The number of likely N-dealkylation sites (tertiary alicyclic amines) is 1. The van der Waals surface area contributed by atoms with E-state index in [1.54, 1.807) is 0 Å². The standard InChI is InChI=1S/C13H22N4O.2C2H4O2/c1-16-5-3-15-12(16)2-4-17-7-11-6-14-8-13(11,9-17)10-18;2*1-2(3)4/h3,5,11,14,18H,2,4,6-10H2,1H3;2*1H3,(H,3,4). The Labute approximate surface area is 153 Å². The van der Waals surface area contributed by atoms with Crippen LogP contribution >= 0.6 is 0 Å². The number of aliphatic carboxylic acids is 2. The number of imidazole rings is 1. The minimum Gasteiger partial charge on any atom is -0.481 e. The highest BCUT2D eigenvalue weighted by atomic mass is 16.4. The highest BCUT2D eigenvalue weighted by Crippen LogP contribution is 2.38. The van der Waals surface area contributed by atoms with Gasteiger partial charge in [0, 0.05) is 71.3 Å². The molecule has 26 heavy (non-hydrogen) atoms. The molecule has 3 heterocycles. The summed E-state index contributed by atoms with van der Waals surface area (Å²) in [6, 6.07) is 0. The smallest absolute Gasteiger partial charge is 0.300 e. The van der Waals surface area contributed by atoms with E-state index in [-0.39, 0.29) is 5.41 Å². The van der Waals surface area contributed by atoms with Crippen molar-refractivity contribution in [1.29, 1.82) is 0 Å². The van der Waals surface area contributed by atoms with Crippen molar-refractivity contribution in [2.75, 3.05) is 39.3 Å². The van der Waals surface area contributed by atoms with E-state index in [2.05, 4.69) is 19.8 Å². The van der Waals surface area contributed by atoms with E-state index >= 15 is 0 Å². The Morgan fingerprint density at radius 3 is 2.42 bits per heavy atom. The van der Waals surface area contributed by atoms with Crippen LogP contribution in [0.2, 0.25) is 0 Å². The summed E-state index contributed by atoms with van der Waals surface area (Å²) in [4.78, 5) is 24.8. The Hall–Kier alpha value is -1.97. The fourth-order valence-corrected chi connectivity index (χ4v) is 3.42. The van der Waals surface area contributed by atoms with Crippen molar-refractivity contribution in [3.8, 4) is 0 Å². The van der Waals surface area contributed by atoms with Gasteiger partial charge in [0.15, 0.2) is 0 Å². The van der Waals surface area contributed by atoms with Crippen molar-refractivity contribution < 1.29 is 24.9 Å². The molecule has 2 unspecified atom stereocenters. The van der Waals surface area contributed by atoms with Gasteiger partial charge in [0.1, 0.15) is 5.82 Å². The van der Waals surface area contributed by atoms with Crippen LogP contribution in [0.15, 0.2) is 12.4 Å². The Bertz CT molecular complexity index is 571. The van der Waals surface area contributed by atoms with Crippen LogP contribution in [0.25, 0.3) is 0 Å². The Kier molecular flexibility index (Phi) is 8.70. The molecule has 2 atom stereocenters. The summed E-state index contributed by atoms with van der Waals surface area (Å²) >= 11 is 0. The third-order valence-corrected chi connectivity index (χ3v) is 4.64. The van der Waals surface area contributed by atoms with Gasteiger partial charge in [0.25, 0.3) is 11.9 Å². The predicted molar refractivity (Wildman–Crippen MR) is 95.9 cm³/mol. The number of aliphatic hydroxyl groups is 1. The number of fused-ring (bicyclic) bond motifs is 1. The number of aromatic nitrogens is 2. The number of hydrogen-bond donors (Lipinski definition) is 4. The van der Waals surface area contributed by atoms with E-state index in [0.29, 0.717) is 12.5 Å². The van der Waals surface area contributed by atoms with E-state index < -0.39 is 11.9 Å². The van der Waals surface area contributed by atoms with Crippen molar-refractivity contribution in [3.63, 3.8) is 0 Å². The number of rotatable bonds is 4. The number of aryl methyl sites for hydroxylation is 1. The second-order valence-electron chi connectivity index (χ2n) is 6.83. The molecule has 2 fully saturated rings. The minimum absolute atomic E-state index is 0.113. The zero-order chi connectivity index (χ0) is 19.7. The Morgan fingerprint density at radius 2 is 1.96 bits per heavy atom. The Morgan fingerprint density at radius 1 is 1.35 bits per heavy atom. The lowest BCUT2D eigenvalue weighted by Crippen LogP contribution is -2.36. The lowest BCUT2D eigenvalue weighted by atomic mass is 9.82. The SMILES string of the molecule is CC(=O)O.CC(=O)O.Cn1ccnc1CCN1CC2CNCC2(CO)C1. The zero-order valence-corrected chi connectivity index (χ0v) is 15.7. The fraction of sp³-hybridized carbons (Fsp3) is 0.706. The molecule has 9 heteroatoms. The average molecular weight is 370 g/mol. The average Bonchev–Trinajstić information content (AvgIpc) is 3.17. The van der Waals surface area contributed by atoms with Crippen molar-refractivity contribution in [2.24, 2.45) is 18.4 Å².